The molecule has 2 aromatic rings. The number of aryl methyl sites for hydroxylation is 1. The summed E-state index contributed by atoms with van der Waals surface area (Å²) in [6.07, 6.45) is 1.33. The Morgan fingerprint density at radius 2 is 1.77 bits per heavy atom. The second kappa shape index (κ2) is 9.70. The molecule has 0 aliphatic carbocycles. The zero-order chi connectivity index (χ0) is 22.6. The van der Waals surface area contributed by atoms with Crippen LogP contribution in [0.1, 0.15) is 24.0 Å². The first-order valence-electron chi connectivity index (χ1n) is 10.3. The van der Waals surface area contributed by atoms with Gasteiger partial charge in [-0.05, 0) is 49.6 Å². The SMILES string of the molecule is COc1ccc(CN(C)C(=O)[C@H]2CCCN(S(=O)(=O)c3ccc(C)cc3)C2)cc1OC. The third-order valence-electron chi connectivity index (χ3n) is 5.64. The third kappa shape index (κ3) is 5.19. The Bertz CT molecular complexity index is 1020. The summed E-state index contributed by atoms with van der Waals surface area (Å²) in [6, 6.07) is 12.4. The fraction of sp³-hybridized carbons (Fsp3) is 0.435. The minimum absolute atomic E-state index is 0.0569. The predicted molar refractivity (Wildman–Crippen MR) is 119 cm³/mol. The smallest absolute Gasteiger partial charge is 0.243 e. The lowest BCUT2D eigenvalue weighted by Gasteiger charge is -2.33. The van der Waals surface area contributed by atoms with Crippen molar-refractivity contribution in [2.45, 2.75) is 31.2 Å². The molecule has 0 spiro atoms. The number of nitrogens with zero attached hydrogens (tertiary/aromatic N) is 2. The second-order valence-corrected chi connectivity index (χ2v) is 9.84. The van der Waals surface area contributed by atoms with Gasteiger partial charge in [-0.3, -0.25) is 4.79 Å². The molecule has 3 rings (SSSR count). The minimum atomic E-state index is -3.61. The lowest BCUT2D eigenvalue weighted by atomic mass is 9.98. The molecule has 7 nitrogen and oxygen atoms in total. The number of piperidine rings is 1. The van der Waals surface area contributed by atoms with Crippen molar-refractivity contribution in [3.05, 3.63) is 53.6 Å². The average Bonchev–Trinajstić information content (AvgIpc) is 2.78. The summed E-state index contributed by atoms with van der Waals surface area (Å²) in [5.74, 6) is 0.816. The van der Waals surface area contributed by atoms with Crippen molar-refractivity contribution < 1.29 is 22.7 Å². The first-order chi connectivity index (χ1) is 14.8. The number of methoxy groups -OCH3 is 2. The summed E-state index contributed by atoms with van der Waals surface area (Å²) in [7, 11) is 1.28. The number of rotatable bonds is 7. The summed E-state index contributed by atoms with van der Waals surface area (Å²) in [4.78, 5) is 15.0. The highest BCUT2D eigenvalue weighted by molar-refractivity contribution is 7.89. The van der Waals surface area contributed by atoms with Gasteiger partial charge in [0.15, 0.2) is 11.5 Å². The summed E-state index contributed by atoms with van der Waals surface area (Å²) < 4.78 is 38.1. The lowest BCUT2D eigenvalue weighted by Crippen LogP contribution is -2.45. The molecule has 1 fully saturated rings. The van der Waals surface area contributed by atoms with Crippen LogP contribution in [0.25, 0.3) is 0 Å². The van der Waals surface area contributed by atoms with Crippen LogP contribution in [0.4, 0.5) is 0 Å². The molecule has 31 heavy (non-hydrogen) atoms. The molecule has 0 unspecified atom stereocenters. The molecule has 0 saturated carbocycles. The maximum absolute atomic E-state index is 13.1. The summed E-state index contributed by atoms with van der Waals surface area (Å²) in [6.45, 7) is 2.95. The van der Waals surface area contributed by atoms with Gasteiger partial charge in [0.1, 0.15) is 0 Å². The van der Waals surface area contributed by atoms with Gasteiger partial charge in [-0.2, -0.15) is 4.31 Å². The zero-order valence-electron chi connectivity index (χ0n) is 18.5. The van der Waals surface area contributed by atoms with Crippen LogP contribution in [0.15, 0.2) is 47.4 Å². The van der Waals surface area contributed by atoms with Crippen molar-refractivity contribution >= 4 is 15.9 Å². The molecule has 168 valence electrons. The third-order valence-corrected chi connectivity index (χ3v) is 7.52. The minimum Gasteiger partial charge on any atom is -0.493 e. The number of hydrogen-bond donors (Lipinski definition) is 0. The Kier molecular flexibility index (Phi) is 7.23. The number of amides is 1. The molecule has 0 bridgehead atoms. The van der Waals surface area contributed by atoms with E-state index < -0.39 is 10.0 Å². The van der Waals surface area contributed by atoms with E-state index in [9.17, 15) is 13.2 Å². The molecule has 2 aromatic carbocycles. The molecule has 1 heterocycles. The van der Waals surface area contributed by atoms with E-state index in [1.54, 1.807) is 50.4 Å². The fourth-order valence-electron chi connectivity index (χ4n) is 3.86. The van der Waals surface area contributed by atoms with Gasteiger partial charge in [0.25, 0.3) is 0 Å². The fourth-order valence-corrected chi connectivity index (χ4v) is 5.39. The molecule has 1 saturated heterocycles. The summed E-state index contributed by atoms with van der Waals surface area (Å²) in [5, 5.41) is 0. The van der Waals surface area contributed by atoms with E-state index in [0.29, 0.717) is 37.4 Å². The molecular formula is C23H30N2O5S. The van der Waals surface area contributed by atoms with Gasteiger partial charge in [0.2, 0.25) is 15.9 Å². The monoisotopic (exact) mass is 446 g/mol. The maximum atomic E-state index is 13.1. The standard InChI is InChI=1S/C23H30N2O5S/c1-17-7-10-20(11-8-17)31(27,28)25-13-5-6-19(16-25)23(26)24(2)15-18-9-12-21(29-3)22(14-18)30-4/h7-12,14,19H,5-6,13,15-16H2,1-4H3/t19-/m0/s1. The highest BCUT2D eigenvalue weighted by Gasteiger charge is 2.34. The van der Waals surface area contributed by atoms with Crippen LogP contribution < -0.4 is 9.47 Å². The van der Waals surface area contributed by atoms with Crippen molar-refractivity contribution in [1.82, 2.24) is 9.21 Å². The first kappa shape index (κ1) is 23.1. The number of sulfonamides is 1. The number of ether oxygens (including phenoxy) is 2. The number of carbonyl (C=O) groups excluding carboxylic acids is 1. The summed E-state index contributed by atoms with van der Waals surface area (Å²) in [5.41, 5.74) is 1.91. The van der Waals surface area contributed by atoms with Gasteiger partial charge in [-0.1, -0.05) is 23.8 Å². The topological polar surface area (TPSA) is 76.2 Å². The number of benzene rings is 2. The normalized spacial score (nSPS) is 17.2. The van der Waals surface area contributed by atoms with E-state index in [0.717, 1.165) is 11.1 Å². The quantitative estimate of drug-likeness (QED) is 0.653. The lowest BCUT2D eigenvalue weighted by molar-refractivity contribution is -0.135. The molecule has 8 heteroatoms. The highest BCUT2D eigenvalue weighted by atomic mass is 32.2. The van der Waals surface area contributed by atoms with Crippen molar-refractivity contribution in [3.8, 4) is 11.5 Å². The molecule has 0 radical (unpaired) electrons. The van der Waals surface area contributed by atoms with Crippen LogP contribution in [0.5, 0.6) is 11.5 Å². The van der Waals surface area contributed by atoms with Crippen molar-refractivity contribution in [2.24, 2.45) is 5.92 Å². The van der Waals surface area contributed by atoms with Gasteiger partial charge < -0.3 is 14.4 Å². The Balaban J connectivity index is 1.69. The average molecular weight is 447 g/mol. The van der Waals surface area contributed by atoms with Gasteiger partial charge in [-0.25, -0.2) is 8.42 Å². The van der Waals surface area contributed by atoms with Gasteiger partial charge in [-0.15, -0.1) is 0 Å². The molecule has 1 amide bonds. The van der Waals surface area contributed by atoms with Crippen LogP contribution in [0, 0.1) is 12.8 Å². The molecule has 1 aliphatic heterocycles. The molecule has 1 aliphatic rings. The first-order valence-corrected chi connectivity index (χ1v) is 11.7. The van der Waals surface area contributed by atoms with Crippen LogP contribution >= 0.6 is 0 Å². The van der Waals surface area contributed by atoms with Gasteiger partial charge in [0.05, 0.1) is 25.0 Å². The highest BCUT2D eigenvalue weighted by Crippen LogP contribution is 2.29. The molecule has 1 atom stereocenters. The molecule has 0 aromatic heterocycles. The zero-order valence-corrected chi connectivity index (χ0v) is 19.3. The molecule has 0 N–H and O–H groups in total. The Labute approximate surface area is 184 Å². The van der Waals surface area contributed by atoms with Crippen LogP contribution in [0.2, 0.25) is 0 Å². The maximum Gasteiger partial charge on any atom is 0.243 e. The second-order valence-electron chi connectivity index (χ2n) is 7.90. The van der Waals surface area contributed by atoms with Crippen molar-refractivity contribution in [3.63, 3.8) is 0 Å². The van der Waals surface area contributed by atoms with Crippen molar-refractivity contribution in [2.75, 3.05) is 34.4 Å². The van der Waals surface area contributed by atoms with Crippen LogP contribution in [-0.2, 0) is 21.4 Å². The van der Waals surface area contributed by atoms with E-state index in [1.807, 2.05) is 25.1 Å². The largest absolute Gasteiger partial charge is 0.493 e. The van der Waals surface area contributed by atoms with Crippen molar-refractivity contribution in [1.29, 1.82) is 0 Å². The Morgan fingerprint density at radius 3 is 2.42 bits per heavy atom. The van der Waals surface area contributed by atoms with Crippen LogP contribution in [-0.4, -0.2) is 57.9 Å². The van der Waals surface area contributed by atoms with E-state index in [2.05, 4.69) is 0 Å². The molecular weight excluding hydrogens is 416 g/mol. The number of carbonyl (C=O) groups is 1. The number of hydrogen-bond acceptors (Lipinski definition) is 5. The van der Waals surface area contributed by atoms with Gasteiger partial charge >= 0.3 is 0 Å². The van der Waals surface area contributed by atoms with E-state index in [4.69, 9.17) is 9.47 Å². The Morgan fingerprint density at radius 1 is 1.10 bits per heavy atom. The van der Waals surface area contributed by atoms with Gasteiger partial charge in [0, 0.05) is 26.7 Å². The van der Waals surface area contributed by atoms with Crippen LogP contribution in [0.3, 0.4) is 0 Å². The summed E-state index contributed by atoms with van der Waals surface area (Å²) >= 11 is 0. The Hall–Kier alpha value is -2.58. The predicted octanol–water partition coefficient (Wildman–Crippen LogP) is 3.07. The van der Waals surface area contributed by atoms with E-state index in [1.165, 1.54) is 4.31 Å². The van der Waals surface area contributed by atoms with E-state index >= 15 is 0 Å². The van der Waals surface area contributed by atoms with E-state index in [-0.39, 0.29) is 23.3 Å².